The van der Waals surface area contributed by atoms with Crippen LogP contribution in [0.3, 0.4) is 0 Å². The first kappa shape index (κ1) is 16.7. The first-order chi connectivity index (χ1) is 8.72. The first-order valence-electron chi connectivity index (χ1n) is 6.21. The molecule has 1 saturated heterocycles. The second kappa shape index (κ2) is 8.04. The molecule has 1 fully saturated rings. The number of hydrogen-bond acceptors (Lipinski definition) is 3. The molecule has 0 spiro atoms. The van der Waals surface area contributed by atoms with E-state index in [0.717, 1.165) is 36.2 Å². The van der Waals surface area contributed by atoms with E-state index >= 15 is 0 Å². The van der Waals surface area contributed by atoms with E-state index in [1.165, 1.54) is 0 Å². The van der Waals surface area contributed by atoms with Crippen molar-refractivity contribution in [3.8, 4) is 5.75 Å². The van der Waals surface area contributed by atoms with Crippen LogP contribution < -0.4 is 5.32 Å². The third-order valence-electron chi connectivity index (χ3n) is 3.31. The van der Waals surface area contributed by atoms with Crippen LogP contribution in [0.4, 0.5) is 4.39 Å². The maximum absolute atomic E-state index is 12.8. The van der Waals surface area contributed by atoms with Gasteiger partial charge in [0.15, 0.2) is 0 Å². The van der Waals surface area contributed by atoms with Gasteiger partial charge in [-0.05, 0) is 30.2 Å². The third kappa shape index (κ3) is 4.31. The minimum absolute atomic E-state index is 0. The SMILES string of the molecule is Cl.Oc1ccc(Br)c([C@@H](CCF)N2CCNCC2)c1. The van der Waals surface area contributed by atoms with E-state index in [1.807, 2.05) is 6.07 Å². The lowest BCUT2D eigenvalue weighted by atomic mass is 10.0. The highest BCUT2D eigenvalue weighted by atomic mass is 79.9. The number of phenols is 1. The van der Waals surface area contributed by atoms with Crippen LogP contribution in [-0.4, -0.2) is 42.9 Å². The van der Waals surface area contributed by atoms with Gasteiger partial charge in [-0.1, -0.05) is 15.9 Å². The van der Waals surface area contributed by atoms with Gasteiger partial charge in [-0.3, -0.25) is 9.29 Å². The molecule has 1 aromatic rings. The average molecular weight is 354 g/mol. The number of phenolic OH excluding ortho intramolecular Hbond substituents is 1. The van der Waals surface area contributed by atoms with E-state index in [0.29, 0.717) is 6.42 Å². The Hall–Kier alpha value is -0.360. The maximum atomic E-state index is 12.8. The molecule has 1 aromatic carbocycles. The van der Waals surface area contributed by atoms with Crippen molar-refractivity contribution < 1.29 is 9.50 Å². The number of nitrogens with zero attached hydrogens (tertiary/aromatic N) is 1. The van der Waals surface area contributed by atoms with E-state index in [-0.39, 0.29) is 30.9 Å². The molecule has 0 aliphatic carbocycles. The molecule has 1 aliphatic rings. The van der Waals surface area contributed by atoms with Crippen molar-refractivity contribution in [1.29, 1.82) is 0 Å². The van der Waals surface area contributed by atoms with Crippen molar-refractivity contribution in [1.82, 2.24) is 10.2 Å². The quantitative estimate of drug-likeness (QED) is 0.874. The largest absolute Gasteiger partial charge is 0.508 e. The molecule has 6 heteroatoms. The average Bonchev–Trinajstić information content (AvgIpc) is 2.40. The van der Waals surface area contributed by atoms with E-state index in [4.69, 9.17) is 0 Å². The predicted molar refractivity (Wildman–Crippen MR) is 80.8 cm³/mol. The minimum atomic E-state index is -0.351. The van der Waals surface area contributed by atoms with Crippen molar-refractivity contribution in [3.05, 3.63) is 28.2 Å². The fourth-order valence-electron chi connectivity index (χ4n) is 2.42. The summed E-state index contributed by atoms with van der Waals surface area (Å²) >= 11 is 3.49. The van der Waals surface area contributed by atoms with Gasteiger partial charge < -0.3 is 10.4 Å². The van der Waals surface area contributed by atoms with Gasteiger partial charge in [0.05, 0.1) is 6.67 Å². The molecule has 3 nitrogen and oxygen atoms in total. The number of alkyl halides is 1. The number of hydrogen-bond donors (Lipinski definition) is 2. The zero-order chi connectivity index (χ0) is 13.0. The van der Waals surface area contributed by atoms with Gasteiger partial charge in [0.1, 0.15) is 5.75 Å². The van der Waals surface area contributed by atoms with Crippen LogP contribution in [0, 0.1) is 0 Å². The van der Waals surface area contributed by atoms with E-state index in [9.17, 15) is 9.50 Å². The van der Waals surface area contributed by atoms with Gasteiger partial charge in [-0.2, -0.15) is 0 Å². The van der Waals surface area contributed by atoms with Crippen molar-refractivity contribution in [3.63, 3.8) is 0 Å². The summed E-state index contributed by atoms with van der Waals surface area (Å²) in [5, 5.41) is 12.9. The Labute approximate surface area is 127 Å². The molecule has 0 saturated carbocycles. The molecule has 2 N–H and O–H groups in total. The number of halogens is 3. The molecule has 1 heterocycles. The monoisotopic (exact) mass is 352 g/mol. The van der Waals surface area contributed by atoms with Crippen molar-refractivity contribution in [2.24, 2.45) is 0 Å². The number of aromatic hydroxyl groups is 1. The highest BCUT2D eigenvalue weighted by molar-refractivity contribution is 9.10. The van der Waals surface area contributed by atoms with Gasteiger partial charge in [-0.15, -0.1) is 12.4 Å². The fraction of sp³-hybridized carbons (Fsp3) is 0.538. The predicted octanol–water partition coefficient (Wildman–Crippen LogP) is 2.88. The molecule has 0 bridgehead atoms. The Morgan fingerprint density at radius 1 is 1.37 bits per heavy atom. The third-order valence-corrected chi connectivity index (χ3v) is 4.04. The number of piperazine rings is 1. The Morgan fingerprint density at radius 2 is 2.05 bits per heavy atom. The van der Waals surface area contributed by atoms with Crippen LogP contribution >= 0.6 is 28.3 Å². The Balaban J connectivity index is 0.00000180. The van der Waals surface area contributed by atoms with Gasteiger partial charge in [0.25, 0.3) is 0 Å². The topological polar surface area (TPSA) is 35.5 Å². The van der Waals surface area contributed by atoms with Crippen molar-refractivity contribution in [2.45, 2.75) is 12.5 Å². The molecule has 0 unspecified atom stereocenters. The Morgan fingerprint density at radius 3 is 2.68 bits per heavy atom. The molecule has 2 rings (SSSR count). The van der Waals surface area contributed by atoms with Crippen LogP contribution in [0.2, 0.25) is 0 Å². The van der Waals surface area contributed by atoms with Crippen molar-refractivity contribution in [2.75, 3.05) is 32.9 Å². The van der Waals surface area contributed by atoms with Crippen LogP contribution in [0.25, 0.3) is 0 Å². The maximum Gasteiger partial charge on any atom is 0.115 e. The molecule has 1 atom stereocenters. The first-order valence-corrected chi connectivity index (χ1v) is 7.01. The summed E-state index contributed by atoms with van der Waals surface area (Å²) in [5.41, 5.74) is 0.967. The molecule has 0 radical (unpaired) electrons. The smallest absolute Gasteiger partial charge is 0.115 e. The van der Waals surface area contributed by atoms with Gasteiger partial charge in [0, 0.05) is 36.7 Å². The van der Waals surface area contributed by atoms with Crippen LogP contribution in [0.5, 0.6) is 5.75 Å². The summed E-state index contributed by atoms with van der Waals surface area (Å²) in [4.78, 5) is 2.27. The Kier molecular flexibility index (Phi) is 7.07. The number of rotatable bonds is 4. The zero-order valence-corrected chi connectivity index (χ0v) is 13.0. The summed E-state index contributed by atoms with van der Waals surface area (Å²) in [7, 11) is 0. The van der Waals surface area contributed by atoms with Crippen LogP contribution in [0.1, 0.15) is 18.0 Å². The molecule has 1 aliphatic heterocycles. The summed E-state index contributed by atoms with van der Waals surface area (Å²) in [6, 6.07) is 5.21. The summed E-state index contributed by atoms with van der Waals surface area (Å²) in [5.74, 6) is 0.229. The van der Waals surface area contributed by atoms with Gasteiger partial charge in [-0.25, -0.2) is 0 Å². The molecule has 0 aromatic heterocycles. The zero-order valence-electron chi connectivity index (χ0n) is 10.6. The van der Waals surface area contributed by atoms with Gasteiger partial charge in [0.2, 0.25) is 0 Å². The fourth-order valence-corrected chi connectivity index (χ4v) is 2.93. The second-order valence-electron chi connectivity index (χ2n) is 4.49. The van der Waals surface area contributed by atoms with Crippen LogP contribution in [-0.2, 0) is 0 Å². The lowest BCUT2D eigenvalue weighted by Crippen LogP contribution is -2.45. The lowest BCUT2D eigenvalue weighted by Gasteiger charge is -2.35. The van der Waals surface area contributed by atoms with Gasteiger partial charge >= 0.3 is 0 Å². The minimum Gasteiger partial charge on any atom is -0.508 e. The van der Waals surface area contributed by atoms with Crippen molar-refractivity contribution >= 4 is 28.3 Å². The second-order valence-corrected chi connectivity index (χ2v) is 5.34. The number of benzene rings is 1. The summed E-state index contributed by atoms with van der Waals surface area (Å²) in [6.07, 6.45) is 0.460. The molecule has 0 amide bonds. The molecular weight excluding hydrogens is 335 g/mol. The standard InChI is InChI=1S/C13H18BrFN2O.ClH/c14-12-2-1-10(18)9-11(12)13(3-4-15)17-7-5-16-6-8-17;/h1-2,9,13,16,18H,3-8H2;1H/t13-;/m1./s1. The normalized spacial score (nSPS) is 17.8. The van der Waals surface area contributed by atoms with E-state index < -0.39 is 0 Å². The molecule has 108 valence electrons. The highest BCUT2D eigenvalue weighted by Crippen LogP contribution is 2.33. The lowest BCUT2D eigenvalue weighted by molar-refractivity contribution is 0.157. The highest BCUT2D eigenvalue weighted by Gasteiger charge is 2.23. The molecule has 19 heavy (non-hydrogen) atoms. The van der Waals surface area contributed by atoms with Crippen LogP contribution in [0.15, 0.2) is 22.7 Å². The summed E-state index contributed by atoms with van der Waals surface area (Å²) in [6.45, 7) is 3.33. The number of nitrogens with one attached hydrogen (secondary N) is 1. The van der Waals surface area contributed by atoms with E-state index in [2.05, 4.69) is 26.1 Å². The van der Waals surface area contributed by atoms with E-state index in [1.54, 1.807) is 12.1 Å². The summed E-state index contributed by atoms with van der Waals surface area (Å²) < 4.78 is 13.7. The Bertz CT molecular complexity index is 402. The molecular formula is C13H19BrClFN2O.